The van der Waals surface area contributed by atoms with Crippen molar-refractivity contribution in [3.63, 3.8) is 0 Å². The molecule has 4 aromatic rings. The van der Waals surface area contributed by atoms with Gasteiger partial charge in [-0.05, 0) is 24.3 Å². The lowest BCUT2D eigenvalue weighted by Gasteiger charge is -2.05. The van der Waals surface area contributed by atoms with Crippen molar-refractivity contribution in [2.75, 3.05) is 0 Å². The molecule has 0 radical (unpaired) electrons. The Hall–Kier alpha value is -2.66. The number of hydrogen-bond donors (Lipinski definition) is 0. The molecule has 23 heavy (non-hydrogen) atoms. The van der Waals surface area contributed by atoms with E-state index < -0.39 is 0 Å². The molecule has 4 rings (SSSR count). The van der Waals surface area contributed by atoms with Crippen LogP contribution in [0.4, 0.5) is 5.69 Å². The van der Waals surface area contributed by atoms with Crippen molar-refractivity contribution < 1.29 is 9.34 Å². The summed E-state index contributed by atoms with van der Waals surface area (Å²) < 4.78 is 6.54. The number of halogens is 1. The van der Waals surface area contributed by atoms with Gasteiger partial charge < -0.3 is 4.42 Å². The van der Waals surface area contributed by atoms with Crippen molar-refractivity contribution in [1.29, 1.82) is 0 Å². The summed E-state index contributed by atoms with van der Waals surface area (Å²) in [7, 11) is 0. The predicted molar refractivity (Wildman–Crippen MR) is 93.5 cm³/mol. The molecule has 0 unspecified atom stereocenters. The van der Waals surface area contributed by atoms with E-state index >= 15 is 0 Å². The fourth-order valence-electron chi connectivity index (χ4n) is 2.88. The van der Waals surface area contributed by atoms with Crippen LogP contribution in [0.25, 0.3) is 33.1 Å². The third-order valence-electron chi connectivity index (χ3n) is 3.85. The van der Waals surface area contributed by atoms with Gasteiger partial charge in [-0.25, -0.2) is 0 Å². The van der Waals surface area contributed by atoms with E-state index in [1.54, 1.807) is 6.07 Å². The van der Waals surface area contributed by atoms with Gasteiger partial charge >= 0.3 is 0 Å². The van der Waals surface area contributed by atoms with Crippen LogP contribution in [-0.2, 0) is 0 Å². The van der Waals surface area contributed by atoms with E-state index in [0.29, 0.717) is 10.0 Å². The first-order valence-electron chi connectivity index (χ1n) is 7.00. The molecule has 0 spiro atoms. The van der Waals surface area contributed by atoms with Crippen LogP contribution in [0.2, 0.25) is 0 Å². The molecule has 0 saturated carbocycles. The molecule has 0 amide bonds. The largest absolute Gasteiger partial charge is 0.456 e. The Morgan fingerprint density at radius 3 is 2.52 bits per heavy atom. The maximum Gasteiger partial charge on any atom is 0.278 e. The molecular formula is C18H10BrNO3. The van der Waals surface area contributed by atoms with Gasteiger partial charge in [0.1, 0.15) is 11.2 Å². The quantitative estimate of drug-likeness (QED) is 0.326. The van der Waals surface area contributed by atoms with E-state index in [2.05, 4.69) is 15.9 Å². The van der Waals surface area contributed by atoms with E-state index in [9.17, 15) is 10.1 Å². The van der Waals surface area contributed by atoms with Gasteiger partial charge in [0.15, 0.2) is 0 Å². The summed E-state index contributed by atoms with van der Waals surface area (Å²) >= 11 is 3.30. The molecule has 0 atom stereocenters. The van der Waals surface area contributed by atoms with Crippen molar-refractivity contribution >= 4 is 43.6 Å². The van der Waals surface area contributed by atoms with Crippen molar-refractivity contribution in [2.45, 2.75) is 0 Å². The van der Waals surface area contributed by atoms with Gasteiger partial charge in [0, 0.05) is 26.9 Å². The number of nitro benzene ring substituents is 1. The number of benzene rings is 3. The third kappa shape index (κ3) is 2.21. The summed E-state index contributed by atoms with van der Waals surface area (Å²) in [6.45, 7) is 0. The van der Waals surface area contributed by atoms with Crippen molar-refractivity contribution in [3.05, 3.63) is 75.3 Å². The first-order chi connectivity index (χ1) is 11.1. The lowest BCUT2D eigenvalue weighted by molar-refractivity contribution is -0.384. The number of rotatable bonds is 2. The fourth-order valence-corrected chi connectivity index (χ4v) is 3.23. The maximum absolute atomic E-state index is 11.4. The van der Waals surface area contributed by atoms with Crippen LogP contribution >= 0.6 is 15.9 Å². The van der Waals surface area contributed by atoms with E-state index in [-0.39, 0.29) is 10.6 Å². The van der Waals surface area contributed by atoms with Crippen molar-refractivity contribution in [3.8, 4) is 11.1 Å². The molecular weight excluding hydrogens is 358 g/mol. The number of fused-ring (bicyclic) bond motifs is 3. The average molecular weight is 368 g/mol. The maximum atomic E-state index is 11.4. The number of hydrogen-bond acceptors (Lipinski definition) is 3. The predicted octanol–water partition coefficient (Wildman–Crippen LogP) is 5.92. The summed E-state index contributed by atoms with van der Waals surface area (Å²) in [6.07, 6.45) is 0. The SMILES string of the molecule is O=[N+]([O-])c1cc(Br)ccc1-c1cccc2oc3ccccc3c12. The van der Waals surface area contributed by atoms with Gasteiger partial charge in [-0.15, -0.1) is 0 Å². The summed E-state index contributed by atoms with van der Waals surface area (Å²) in [5, 5.41) is 13.3. The summed E-state index contributed by atoms with van der Waals surface area (Å²) in [5.41, 5.74) is 2.94. The average Bonchev–Trinajstić information content (AvgIpc) is 2.93. The highest BCUT2D eigenvalue weighted by atomic mass is 79.9. The standard InChI is InChI=1S/C18H10BrNO3/c19-11-8-9-12(15(10-11)20(21)22)13-5-3-7-17-18(13)14-4-1-2-6-16(14)23-17/h1-10H. The molecule has 0 aliphatic heterocycles. The van der Waals surface area contributed by atoms with E-state index in [4.69, 9.17) is 4.42 Å². The normalized spacial score (nSPS) is 11.2. The van der Waals surface area contributed by atoms with Gasteiger partial charge in [0.25, 0.3) is 5.69 Å². The zero-order chi connectivity index (χ0) is 16.0. The minimum absolute atomic E-state index is 0.0668. The molecule has 1 heterocycles. The highest BCUT2D eigenvalue weighted by Gasteiger charge is 2.20. The van der Waals surface area contributed by atoms with E-state index in [1.807, 2.05) is 48.5 Å². The number of nitrogens with zero attached hydrogens (tertiary/aromatic N) is 1. The van der Waals surface area contributed by atoms with Crippen LogP contribution < -0.4 is 0 Å². The molecule has 112 valence electrons. The molecule has 1 aromatic heterocycles. The van der Waals surface area contributed by atoms with Crippen molar-refractivity contribution in [2.24, 2.45) is 0 Å². The van der Waals surface area contributed by atoms with Crippen LogP contribution in [0, 0.1) is 10.1 Å². The minimum Gasteiger partial charge on any atom is -0.456 e. The van der Waals surface area contributed by atoms with Gasteiger partial charge in [0.05, 0.1) is 10.5 Å². The molecule has 0 fully saturated rings. The highest BCUT2D eigenvalue weighted by Crippen LogP contribution is 2.40. The second-order valence-corrected chi connectivity index (χ2v) is 6.11. The molecule has 0 aliphatic carbocycles. The Kier molecular flexibility index (Phi) is 3.16. The van der Waals surface area contributed by atoms with Crippen LogP contribution in [0.5, 0.6) is 0 Å². The van der Waals surface area contributed by atoms with Crippen LogP contribution in [0.1, 0.15) is 0 Å². The Labute approximate surface area is 139 Å². The third-order valence-corrected chi connectivity index (χ3v) is 4.34. The van der Waals surface area contributed by atoms with Gasteiger partial charge in [-0.3, -0.25) is 10.1 Å². The van der Waals surface area contributed by atoms with Gasteiger partial charge in [-0.2, -0.15) is 0 Å². The van der Waals surface area contributed by atoms with Gasteiger partial charge in [-0.1, -0.05) is 46.3 Å². The Morgan fingerprint density at radius 1 is 0.913 bits per heavy atom. The van der Waals surface area contributed by atoms with Crippen LogP contribution in [-0.4, -0.2) is 4.92 Å². The Bertz CT molecular complexity index is 1070. The summed E-state index contributed by atoms with van der Waals surface area (Å²) in [5.74, 6) is 0. The second-order valence-electron chi connectivity index (χ2n) is 5.20. The fraction of sp³-hybridized carbons (Fsp3) is 0. The molecule has 0 aliphatic rings. The smallest absolute Gasteiger partial charge is 0.278 e. The first-order valence-corrected chi connectivity index (χ1v) is 7.79. The summed E-state index contributed by atoms with van der Waals surface area (Å²) in [4.78, 5) is 11.1. The summed E-state index contributed by atoms with van der Waals surface area (Å²) in [6, 6.07) is 18.4. The van der Waals surface area contributed by atoms with Gasteiger partial charge in [0.2, 0.25) is 0 Å². The Morgan fingerprint density at radius 2 is 1.70 bits per heavy atom. The molecule has 5 heteroatoms. The lowest BCUT2D eigenvalue weighted by atomic mass is 9.98. The number of nitro groups is 1. The molecule has 4 nitrogen and oxygen atoms in total. The van der Waals surface area contributed by atoms with Crippen LogP contribution in [0.3, 0.4) is 0 Å². The van der Waals surface area contributed by atoms with E-state index in [1.165, 1.54) is 6.07 Å². The Balaban J connectivity index is 2.13. The molecule has 3 aromatic carbocycles. The molecule has 0 saturated heterocycles. The van der Waals surface area contributed by atoms with Crippen molar-refractivity contribution in [1.82, 2.24) is 0 Å². The number of para-hydroxylation sites is 1. The zero-order valence-corrected chi connectivity index (χ0v) is 13.4. The second kappa shape index (κ2) is 5.21. The van der Waals surface area contributed by atoms with Crippen LogP contribution in [0.15, 0.2) is 69.6 Å². The monoisotopic (exact) mass is 367 g/mol. The zero-order valence-electron chi connectivity index (χ0n) is 11.8. The lowest BCUT2D eigenvalue weighted by Crippen LogP contribution is -1.92. The first kappa shape index (κ1) is 14.0. The molecule has 0 bridgehead atoms. The number of furan rings is 1. The highest BCUT2D eigenvalue weighted by molar-refractivity contribution is 9.10. The van der Waals surface area contributed by atoms with E-state index in [0.717, 1.165) is 27.5 Å². The molecule has 0 N–H and O–H groups in total. The minimum atomic E-state index is -0.360. The topological polar surface area (TPSA) is 56.3 Å².